The van der Waals surface area contributed by atoms with Crippen LogP contribution in [0.3, 0.4) is 0 Å². The minimum atomic E-state index is -0.418. The third kappa shape index (κ3) is 7.57. The molecule has 0 spiro atoms. The minimum Gasteiger partial charge on any atom is -0.493 e. The van der Waals surface area contributed by atoms with Crippen LogP contribution < -0.4 is 14.2 Å². The molecule has 0 bridgehead atoms. The molecule has 1 aliphatic heterocycles. The molecule has 0 aromatic heterocycles. The molecule has 0 N–H and O–H groups in total. The van der Waals surface area contributed by atoms with Crippen molar-refractivity contribution in [1.29, 1.82) is 5.26 Å². The fraction of sp³-hybridized carbons (Fsp3) is 0.346. The van der Waals surface area contributed by atoms with Crippen LogP contribution >= 0.6 is 15.9 Å². The van der Waals surface area contributed by atoms with E-state index in [2.05, 4.69) is 15.9 Å². The zero-order chi connectivity index (χ0) is 25.2. The van der Waals surface area contributed by atoms with E-state index >= 15 is 0 Å². The third-order valence-corrected chi connectivity index (χ3v) is 5.86. The Kier molecular flexibility index (Phi) is 9.70. The summed E-state index contributed by atoms with van der Waals surface area (Å²) < 4.78 is 22.6. The van der Waals surface area contributed by atoms with Gasteiger partial charge in [-0.25, -0.2) is 0 Å². The van der Waals surface area contributed by atoms with Crippen molar-refractivity contribution in [3.63, 3.8) is 0 Å². The van der Waals surface area contributed by atoms with Gasteiger partial charge in [0.25, 0.3) is 5.91 Å². The lowest BCUT2D eigenvalue weighted by atomic mass is 10.1. The Bertz CT molecular complexity index is 1140. The van der Waals surface area contributed by atoms with Crippen LogP contribution in [0.4, 0.5) is 0 Å². The number of hydrogen-bond acceptors (Lipinski definition) is 7. The van der Waals surface area contributed by atoms with Crippen LogP contribution in [-0.2, 0) is 14.3 Å². The van der Waals surface area contributed by atoms with Gasteiger partial charge in [0.1, 0.15) is 17.4 Å². The highest BCUT2D eigenvalue weighted by Crippen LogP contribution is 2.30. The molecule has 1 fully saturated rings. The number of aryl methyl sites for hydroxylation is 1. The van der Waals surface area contributed by atoms with Crippen LogP contribution in [0.2, 0.25) is 0 Å². The lowest BCUT2D eigenvalue weighted by molar-refractivity contribution is -0.134. The van der Waals surface area contributed by atoms with E-state index in [-0.39, 0.29) is 23.7 Å². The van der Waals surface area contributed by atoms with Gasteiger partial charge in [0, 0.05) is 19.5 Å². The number of ether oxygens (including phenoxy) is 4. The number of halogens is 1. The van der Waals surface area contributed by atoms with E-state index in [0.29, 0.717) is 50.6 Å². The summed E-state index contributed by atoms with van der Waals surface area (Å²) in [6, 6.07) is 12.6. The summed E-state index contributed by atoms with van der Waals surface area (Å²) in [6.45, 7) is 4.16. The van der Waals surface area contributed by atoms with Crippen LogP contribution in [0, 0.1) is 18.3 Å². The quantitative estimate of drug-likeness (QED) is 0.153. The Morgan fingerprint density at radius 1 is 1.14 bits per heavy atom. The molecular formula is C26H27BrN2O6. The number of benzene rings is 2. The normalized spacial score (nSPS) is 13.7. The Morgan fingerprint density at radius 2 is 1.89 bits per heavy atom. The molecule has 1 saturated heterocycles. The molecule has 1 aliphatic rings. The number of methoxy groups -OCH3 is 1. The standard InChI is InChI=1S/C26H27BrN2O6/c1-18-5-7-22(21(27)14-18)34-11-3-4-25(30)35-23-8-6-19(16-24(23)32-2)15-20(17-28)26(31)29-9-12-33-13-10-29/h5-8,14-16H,3-4,9-13H2,1-2H3/b20-15+. The maximum atomic E-state index is 12.6. The van der Waals surface area contributed by atoms with Crippen LogP contribution in [0.5, 0.6) is 17.2 Å². The molecule has 3 rings (SSSR count). The molecule has 0 saturated carbocycles. The molecular weight excluding hydrogens is 516 g/mol. The van der Waals surface area contributed by atoms with Crippen molar-refractivity contribution in [1.82, 2.24) is 4.90 Å². The molecule has 0 unspecified atom stereocenters. The van der Waals surface area contributed by atoms with Gasteiger partial charge in [-0.05, 0) is 70.7 Å². The Balaban J connectivity index is 1.57. The fourth-order valence-electron chi connectivity index (χ4n) is 3.40. The van der Waals surface area contributed by atoms with Crippen molar-refractivity contribution in [2.45, 2.75) is 19.8 Å². The maximum Gasteiger partial charge on any atom is 0.311 e. The smallest absolute Gasteiger partial charge is 0.311 e. The Hall–Kier alpha value is -3.35. The van der Waals surface area contributed by atoms with E-state index in [4.69, 9.17) is 18.9 Å². The van der Waals surface area contributed by atoms with Gasteiger partial charge in [-0.15, -0.1) is 0 Å². The number of nitrogens with zero attached hydrogens (tertiary/aromatic N) is 2. The molecule has 1 heterocycles. The van der Waals surface area contributed by atoms with Gasteiger partial charge in [-0.2, -0.15) is 5.26 Å². The highest BCUT2D eigenvalue weighted by molar-refractivity contribution is 9.10. The van der Waals surface area contributed by atoms with Crippen LogP contribution in [0.15, 0.2) is 46.4 Å². The summed E-state index contributed by atoms with van der Waals surface area (Å²) in [5, 5.41) is 9.48. The van der Waals surface area contributed by atoms with Crippen molar-refractivity contribution in [3.8, 4) is 23.3 Å². The average Bonchev–Trinajstić information content (AvgIpc) is 2.87. The van der Waals surface area contributed by atoms with Gasteiger partial charge in [0.2, 0.25) is 0 Å². The number of rotatable bonds is 9. The second-order valence-electron chi connectivity index (χ2n) is 7.84. The lowest BCUT2D eigenvalue weighted by Crippen LogP contribution is -2.41. The van der Waals surface area contributed by atoms with E-state index in [1.807, 2.05) is 31.2 Å². The highest BCUT2D eigenvalue weighted by Gasteiger charge is 2.21. The molecule has 9 heteroatoms. The van der Waals surface area contributed by atoms with Crippen LogP contribution in [0.1, 0.15) is 24.0 Å². The monoisotopic (exact) mass is 542 g/mol. The maximum absolute atomic E-state index is 12.6. The van der Waals surface area contributed by atoms with Crippen molar-refractivity contribution in [3.05, 3.63) is 57.6 Å². The second kappa shape index (κ2) is 12.9. The largest absolute Gasteiger partial charge is 0.493 e. The second-order valence-corrected chi connectivity index (χ2v) is 8.70. The van der Waals surface area contributed by atoms with Crippen LogP contribution in [0.25, 0.3) is 6.08 Å². The molecule has 35 heavy (non-hydrogen) atoms. The molecule has 0 atom stereocenters. The average molecular weight is 543 g/mol. The van der Waals surface area contributed by atoms with Crippen molar-refractivity contribution in [2.75, 3.05) is 40.0 Å². The van der Waals surface area contributed by atoms with Gasteiger partial charge in [-0.1, -0.05) is 12.1 Å². The SMILES string of the molecule is COc1cc(/C=C(\C#N)C(=O)N2CCOCC2)ccc1OC(=O)CCCOc1ccc(C)cc1Br. The van der Waals surface area contributed by atoms with Crippen LogP contribution in [-0.4, -0.2) is 56.8 Å². The summed E-state index contributed by atoms with van der Waals surface area (Å²) in [6.07, 6.45) is 2.14. The topological polar surface area (TPSA) is 98.1 Å². The number of hydrogen-bond donors (Lipinski definition) is 0. The van der Waals surface area contributed by atoms with E-state index in [1.54, 1.807) is 23.1 Å². The number of nitriles is 1. The van der Waals surface area contributed by atoms with Gasteiger partial charge in [0.05, 0.1) is 31.4 Å². The number of carbonyl (C=O) groups is 2. The third-order valence-electron chi connectivity index (χ3n) is 5.24. The summed E-state index contributed by atoms with van der Waals surface area (Å²) in [5.41, 5.74) is 1.71. The number of morpholine rings is 1. The van der Waals surface area contributed by atoms with E-state index in [0.717, 1.165) is 15.8 Å². The zero-order valence-electron chi connectivity index (χ0n) is 19.7. The van der Waals surface area contributed by atoms with Crippen molar-refractivity contribution in [2.24, 2.45) is 0 Å². The number of amides is 1. The van der Waals surface area contributed by atoms with Crippen molar-refractivity contribution >= 4 is 33.9 Å². The molecule has 184 valence electrons. The van der Waals surface area contributed by atoms with Gasteiger partial charge >= 0.3 is 5.97 Å². The predicted molar refractivity (Wildman–Crippen MR) is 133 cm³/mol. The molecule has 2 aromatic carbocycles. The first-order valence-electron chi connectivity index (χ1n) is 11.2. The number of esters is 1. The first-order valence-corrected chi connectivity index (χ1v) is 12.0. The molecule has 2 aromatic rings. The molecule has 0 radical (unpaired) electrons. The fourth-order valence-corrected chi connectivity index (χ4v) is 4.01. The zero-order valence-corrected chi connectivity index (χ0v) is 21.3. The summed E-state index contributed by atoms with van der Waals surface area (Å²) >= 11 is 3.46. The van der Waals surface area contributed by atoms with E-state index < -0.39 is 5.97 Å². The van der Waals surface area contributed by atoms with E-state index in [9.17, 15) is 14.9 Å². The Morgan fingerprint density at radius 3 is 2.57 bits per heavy atom. The molecule has 1 amide bonds. The first-order chi connectivity index (χ1) is 16.9. The van der Waals surface area contributed by atoms with E-state index in [1.165, 1.54) is 13.2 Å². The van der Waals surface area contributed by atoms with Gasteiger partial charge in [0.15, 0.2) is 11.5 Å². The molecule has 8 nitrogen and oxygen atoms in total. The summed E-state index contributed by atoms with van der Waals surface area (Å²) in [5.74, 6) is 0.541. The molecule has 0 aliphatic carbocycles. The lowest BCUT2D eigenvalue weighted by Gasteiger charge is -2.26. The number of carbonyl (C=O) groups excluding carboxylic acids is 2. The predicted octanol–water partition coefficient (Wildman–Crippen LogP) is 4.30. The summed E-state index contributed by atoms with van der Waals surface area (Å²) in [7, 11) is 1.46. The van der Waals surface area contributed by atoms with Gasteiger partial charge in [-0.3, -0.25) is 9.59 Å². The first kappa shape index (κ1) is 26.3. The van der Waals surface area contributed by atoms with Gasteiger partial charge < -0.3 is 23.8 Å². The Labute approximate surface area is 213 Å². The summed E-state index contributed by atoms with van der Waals surface area (Å²) in [4.78, 5) is 26.5. The highest BCUT2D eigenvalue weighted by atomic mass is 79.9. The minimum absolute atomic E-state index is 0.0129. The van der Waals surface area contributed by atoms with Crippen molar-refractivity contribution < 1.29 is 28.5 Å².